The van der Waals surface area contributed by atoms with Gasteiger partial charge in [-0.25, -0.2) is 4.79 Å². The Morgan fingerprint density at radius 2 is 2.00 bits per heavy atom. The smallest absolute Gasteiger partial charge is 0.394 e. The maximum absolute atomic E-state index is 12.2. The fourth-order valence-corrected chi connectivity index (χ4v) is 0.806. The number of hydrogen-bond acceptors (Lipinski definition) is 3. The number of halogens is 3. The second-order valence-corrected chi connectivity index (χ2v) is 2.62. The van der Waals surface area contributed by atoms with E-state index < -0.39 is 24.1 Å². The molecular formula is C7H10F3NO3. The third kappa shape index (κ3) is 3.23. The molecule has 0 spiro atoms. The second kappa shape index (κ2) is 4.83. The lowest BCUT2D eigenvalue weighted by molar-refractivity contribution is -0.186. The fourth-order valence-electron chi connectivity index (χ4n) is 0.806. The minimum absolute atomic E-state index is 0.0316. The van der Waals surface area contributed by atoms with E-state index >= 15 is 0 Å². The molecule has 0 fully saturated rings. The predicted molar refractivity (Wildman–Crippen MR) is 40.2 cm³/mol. The number of carbonyl (C=O) groups excluding carboxylic acids is 2. The molecule has 0 aliphatic carbocycles. The first-order valence-corrected chi connectivity index (χ1v) is 3.68. The standard InChI is InChI=1S/C7H10F3NO3/c1-4(7(8,9)10)5(11-3-12)6(13)14-2/h3-5H,1-2H3,(H,11,12)/t4-,5-/m0/s1. The largest absolute Gasteiger partial charge is 0.467 e. The van der Waals surface area contributed by atoms with Crippen molar-refractivity contribution in [2.75, 3.05) is 7.11 Å². The number of methoxy groups -OCH3 is 1. The molecule has 0 aliphatic heterocycles. The molecule has 4 nitrogen and oxygen atoms in total. The summed E-state index contributed by atoms with van der Waals surface area (Å²) in [5.41, 5.74) is 0. The summed E-state index contributed by atoms with van der Waals surface area (Å²) in [4.78, 5) is 20.8. The summed E-state index contributed by atoms with van der Waals surface area (Å²) < 4.78 is 40.6. The van der Waals surface area contributed by atoms with Gasteiger partial charge in [-0.2, -0.15) is 13.2 Å². The van der Waals surface area contributed by atoms with Crippen LogP contribution in [-0.2, 0) is 14.3 Å². The number of ether oxygens (including phenoxy) is 1. The Bertz CT molecular complexity index is 217. The topological polar surface area (TPSA) is 55.4 Å². The number of amides is 1. The summed E-state index contributed by atoms with van der Waals surface area (Å²) in [6, 6.07) is -1.70. The molecule has 7 heteroatoms. The summed E-state index contributed by atoms with van der Waals surface area (Å²) in [6.07, 6.45) is -4.53. The summed E-state index contributed by atoms with van der Waals surface area (Å²) in [7, 11) is 0.949. The van der Waals surface area contributed by atoms with Crippen LogP contribution in [0.2, 0.25) is 0 Å². The highest BCUT2D eigenvalue weighted by molar-refractivity contribution is 5.78. The van der Waals surface area contributed by atoms with E-state index in [4.69, 9.17) is 0 Å². The van der Waals surface area contributed by atoms with Gasteiger partial charge in [0.1, 0.15) is 6.04 Å². The zero-order valence-electron chi connectivity index (χ0n) is 7.59. The molecule has 0 unspecified atom stereocenters. The first-order chi connectivity index (χ1) is 6.34. The Balaban J connectivity index is 4.64. The van der Waals surface area contributed by atoms with E-state index in [-0.39, 0.29) is 6.41 Å². The van der Waals surface area contributed by atoms with Gasteiger partial charge < -0.3 is 10.1 Å². The van der Waals surface area contributed by atoms with Crippen LogP contribution in [0.15, 0.2) is 0 Å². The number of hydrogen-bond donors (Lipinski definition) is 1. The molecule has 1 N–H and O–H groups in total. The van der Waals surface area contributed by atoms with Crippen molar-refractivity contribution in [3.63, 3.8) is 0 Å². The molecule has 0 heterocycles. The Hall–Kier alpha value is -1.27. The van der Waals surface area contributed by atoms with Gasteiger partial charge in [-0.15, -0.1) is 0 Å². The lowest BCUT2D eigenvalue weighted by atomic mass is 10.0. The average Bonchev–Trinajstić information content (AvgIpc) is 2.10. The van der Waals surface area contributed by atoms with Crippen LogP contribution in [0.4, 0.5) is 13.2 Å². The number of carbonyl (C=O) groups is 2. The van der Waals surface area contributed by atoms with Gasteiger partial charge >= 0.3 is 12.1 Å². The van der Waals surface area contributed by atoms with Gasteiger partial charge in [0.2, 0.25) is 6.41 Å². The Labute approximate surface area is 78.4 Å². The van der Waals surface area contributed by atoms with Crippen LogP contribution in [0, 0.1) is 5.92 Å². The molecule has 0 aromatic heterocycles. The van der Waals surface area contributed by atoms with Crippen LogP contribution >= 0.6 is 0 Å². The van der Waals surface area contributed by atoms with Crippen molar-refractivity contribution < 1.29 is 27.5 Å². The van der Waals surface area contributed by atoms with Gasteiger partial charge in [-0.05, 0) is 0 Å². The maximum Gasteiger partial charge on any atom is 0.394 e. The molecule has 2 atom stereocenters. The van der Waals surface area contributed by atoms with Crippen molar-refractivity contribution in [1.29, 1.82) is 0 Å². The monoisotopic (exact) mass is 213 g/mol. The third-order valence-corrected chi connectivity index (χ3v) is 1.72. The van der Waals surface area contributed by atoms with Crippen molar-refractivity contribution in [2.24, 2.45) is 5.92 Å². The first kappa shape index (κ1) is 12.7. The second-order valence-electron chi connectivity index (χ2n) is 2.62. The van der Waals surface area contributed by atoms with E-state index in [1.807, 2.05) is 0 Å². The van der Waals surface area contributed by atoms with Crippen LogP contribution in [-0.4, -0.2) is 31.7 Å². The van der Waals surface area contributed by atoms with Gasteiger partial charge in [0.25, 0.3) is 0 Å². The summed E-state index contributed by atoms with van der Waals surface area (Å²) >= 11 is 0. The third-order valence-electron chi connectivity index (χ3n) is 1.72. The van der Waals surface area contributed by atoms with Crippen LogP contribution in [0.25, 0.3) is 0 Å². The molecule has 0 aromatic rings. The van der Waals surface area contributed by atoms with Gasteiger partial charge in [-0.3, -0.25) is 4.79 Å². The molecule has 0 aromatic carbocycles. The molecule has 0 rings (SSSR count). The predicted octanol–water partition coefficient (Wildman–Crippen LogP) is 0.472. The van der Waals surface area contributed by atoms with Crippen molar-refractivity contribution in [3.8, 4) is 0 Å². The number of esters is 1. The lowest BCUT2D eigenvalue weighted by Crippen LogP contribution is -2.47. The summed E-state index contributed by atoms with van der Waals surface area (Å²) in [5, 5.41) is 1.76. The zero-order chi connectivity index (χ0) is 11.4. The van der Waals surface area contributed by atoms with Crippen LogP contribution in [0.1, 0.15) is 6.92 Å². The van der Waals surface area contributed by atoms with E-state index in [0.29, 0.717) is 0 Å². The fraction of sp³-hybridized carbons (Fsp3) is 0.714. The van der Waals surface area contributed by atoms with Crippen molar-refractivity contribution in [1.82, 2.24) is 5.32 Å². The first-order valence-electron chi connectivity index (χ1n) is 3.68. The van der Waals surface area contributed by atoms with Crippen molar-refractivity contribution >= 4 is 12.4 Å². The van der Waals surface area contributed by atoms with E-state index in [0.717, 1.165) is 14.0 Å². The number of nitrogens with one attached hydrogen (secondary N) is 1. The molecule has 0 saturated heterocycles. The lowest BCUT2D eigenvalue weighted by Gasteiger charge is -2.22. The quantitative estimate of drug-likeness (QED) is 0.545. The van der Waals surface area contributed by atoms with Crippen molar-refractivity contribution in [3.05, 3.63) is 0 Å². The maximum atomic E-state index is 12.2. The van der Waals surface area contributed by atoms with Gasteiger partial charge in [0.15, 0.2) is 0 Å². The van der Waals surface area contributed by atoms with E-state index in [1.54, 1.807) is 5.32 Å². The Morgan fingerprint density at radius 1 is 1.50 bits per heavy atom. The molecule has 0 aliphatic rings. The zero-order valence-corrected chi connectivity index (χ0v) is 7.59. The Kier molecular flexibility index (Phi) is 4.39. The molecule has 14 heavy (non-hydrogen) atoms. The SMILES string of the molecule is COC(=O)[C@@H](NC=O)[C@H](C)C(F)(F)F. The van der Waals surface area contributed by atoms with E-state index in [9.17, 15) is 22.8 Å². The molecular weight excluding hydrogens is 203 g/mol. The molecule has 82 valence electrons. The minimum atomic E-state index is -4.56. The van der Waals surface area contributed by atoms with Gasteiger partial charge in [-0.1, -0.05) is 6.92 Å². The van der Waals surface area contributed by atoms with Gasteiger partial charge in [0.05, 0.1) is 13.0 Å². The normalized spacial score (nSPS) is 15.5. The molecule has 1 amide bonds. The summed E-state index contributed by atoms with van der Waals surface area (Å²) in [6.45, 7) is 0.790. The van der Waals surface area contributed by atoms with Crippen LogP contribution < -0.4 is 5.32 Å². The van der Waals surface area contributed by atoms with E-state index in [2.05, 4.69) is 4.74 Å². The van der Waals surface area contributed by atoms with Crippen molar-refractivity contribution in [2.45, 2.75) is 19.1 Å². The van der Waals surface area contributed by atoms with E-state index in [1.165, 1.54) is 0 Å². The van der Waals surface area contributed by atoms with Crippen LogP contribution in [0.3, 0.4) is 0 Å². The highest BCUT2D eigenvalue weighted by Gasteiger charge is 2.44. The molecule has 0 bridgehead atoms. The van der Waals surface area contributed by atoms with Gasteiger partial charge in [0, 0.05) is 0 Å². The highest BCUT2D eigenvalue weighted by Crippen LogP contribution is 2.28. The Morgan fingerprint density at radius 3 is 2.29 bits per heavy atom. The number of alkyl halides is 3. The van der Waals surface area contributed by atoms with Crippen LogP contribution in [0.5, 0.6) is 0 Å². The average molecular weight is 213 g/mol. The summed E-state index contributed by atoms with van der Waals surface area (Å²) in [5.74, 6) is -3.11. The highest BCUT2D eigenvalue weighted by atomic mass is 19.4. The molecule has 0 radical (unpaired) electrons. The number of rotatable bonds is 4. The molecule has 0 saturated carbocycles. The minimum Gasteiger partial charge on any atom is -0.467 e.